The average molecular weight is 262 g/mol. The molecule has 7 heteroatoms. The predicted octanol–water partition coefficient (Wildman–Crippen LogP) is 1.58. The molecule has 0 radical (unpaired) electrons. The van der Waals surface area contributed by atoms with Gasteiger partial charge in [0.05, 0.1) is 21.3 Å². The Balaban J connectivity index is 2.36. The summed E-state index contributed by atoms with van der Waals surface area (Å²) in [6.45, 7) is 0. The Hall–Kier alpha value is -2.57. The molecule has 0 spiro atoms. The molecule has 100 valence electrons. The number of hydrogen-bond donors (Lipinski definition) is 1. The van der Waals surface area contributed by atoms with Crippen LogP contribution in [0.4, 0.5) is 5.95 Å². The number of rotatable bonds is 5. The van der Waals surface area contributed by atoms with E-state index in [-0.39, 0.29) is 0 Å². The lowest BCUT2D eigenvalue weighted by molar-refractivity contribution is 0.324. The van der Waals surface area contributed by atoms with Gasteiger partial charge in [0.25, 0.3) is 0 Å². The van der Waals surface area contributed by atoms with Crippen LogP contribution < -0.4 is 14.2 Å². The van der Waals surface area contributed by atoms with Crippen molar-refractivity contribution in [3.63, 3.8) is 0 Å². The van der Waals surface area contributed by atoms with Gasteiger partial charge >= 0.3 is 0 Å². The van der Waals surface area contributed by atoms with E-state index in [9.17, 15) is 0 Å². The minimum atomic E-state index is 0.425. The van der Waals surface area contributed by atoms with Crippen LogP contribution in [0, 0.1) is 0 Å². The molecule has 0 bridgehead atoms. The fourth-order valence-corrected chi connectivity index (χ4v) is 1.57. The van der Waals surface area contributed by atoms with Gasteiger partial charge in [-0.1, -0.05) is 0 Å². The fraction of sp³-hybridized carbons (Fsp3) is 0.250. The van der Waals surface area contributed by atoms with Crippen LogP contribution in [0.5, 0.6) is 17.2 Å². The van der Waals surface area contributed by atoms with Crippen molar-refractivity contribution < 1.29 is 14.2 Å². The molecule has 0 unspecified atom stereocenters. The zero-order valence-corrected chi connectivity index (χ0v) is 10.9. The molecule has 0 saturated heterocycles. The number of aromatic nitrogens is 3. The highest BCUT2D eigenvalue weighted by molar-refractivity contribution is 5.83. The van der Waals surface area contributed by atoms with Gasteiger partial charge in [0.1, 0.15) is 6.33 Å². The summed E-state index contributed by atoms with van der Waals surface area (Å²) in [7, 11) is 4.69. The third-order valence-corrected chi connectivity index (χ3v) is 2.43. The molecule has 0 fully saturated rings. The Kier molecular flexibility index (Phi) is 3.97. The number of nitrogens with zero attached hydrogens (tertiary/aromatic N) is 3. The van der Waals surface area contributed by atoms with Crippen molar-refractivity contribution >= 4 is 12.2 Å². The van der Waals surface area contributed by atoms with E-state index >= 15 is 0 Å². The van der Waals surface area contributed by atoms with Crippen LogP contribution in [0.25, 0.3) is 0 Å². The van der Waals surface area contributed by atoms with Gasteiger partial charge in [0.2, 0.25) is 11.7 Å². The number of hydrogen-bond acceptors (Lipinski definition) is 6. The van der Waals surface area contributed by atoms with E-state index < -0.39 is 0 Å². The SMILES string of the molecule is COc1cc(/C=N/c2ncn[nH]2)cc(OC)c1OC. The first-order valence-corrected chi connectivity index (χ1v) is 5.48. The maximum absolute atomic E-state index is 5.25. The van der Waals surface area contributed by atoms with Crippen molar-refractivity contribution in [3.8, 4) is 17.2 Å². The standard InChI is InChI=1S/C12H14N4O3/c1-17-9-4-8(5-10(18-2)11(9)19-3)6-13-12-14-7-15-16-12/h4-7H,1-3H3,(H,14,15,16)/b13-6+. The number of ether oxygens (including phenoxy) is 3. The van der Waals surface area contributed by atoms with Crippen LogP contribution in [0.1, 0.15) is 5.56 Å². The normalized spacial score (nSPS) is 10.7. The maximum atomic E-state index is 5.25. The second-order valence-electron chi connectivity index (χ2n) is 3.53. The number of aliphatic imine (C=N–C) groups is 1. The van der Waals surface area contributed by atoms with Crippen molar-refractivity contribution in [3.05, 3.63) is 24.0 Å². The summed E-state index contributed by atoms with van der Waals surface area (Å²) in [6.07, 6.45) is 3.02. The summed E-state index contributed by atoms with van der Waals surface area (Å²) in [4.78, 5) is 8.04. The van der Waals surface area contributed by atoms with Gasteiger partial charge in [-0.3, -0.25) is 0 Å². The second-order valence-corrected chi connectivity index (χ2v) is 3.53. The van der Waals surface area contributed by atoms with Crippen molar-refractivity contribution in [2.24, 2.45) is 4.99 Å². The average Bonchev–Trinajstić information content (AvgIpc) is 2.97. The summed E-state index contributed by atoms with van der Waals surface area (Å²) in [6, 6.07) is 3.59. The molecule has 2 aromatic rings. The Morgan fingerprint density at radius 3 is 2.26 bits per heavy atom. The van der Waals surface area contributed by atoms with Crippen LogP contribution in [-0.2, 0) is 0 Å². The van der Waals surface area contributed by atoms with Crippen molar-refractivity contribution in [2.75, 3.05) is 21.3 Å². The molecule has 1 aromatic heterocycles. The number of benzene rings is 1. The molecule has 1 aromatic carbocycles. The first-order chi connectivity index (χ1) is 9.28. The van der Waals surface area contributed by atoms with E-state index in [0.29, 0.717) is 23.2 Å². The quantitative estimate of drug-likeness (QED) is 0.827. The van der Waals surface area contributed by atoms with E-state index in [2.05, 4.69) is 20.2 Å². The topological polar surface area (TPSA) is 81.6 Å². The molecular weight excluding hydrogens is 248 g/mol. The number of nitrogens with one attached hydrogen (secondary N) is 1. The van der Waals surface area contributed by atoms with Crippen molar-refractivity contribution in [1.82, 2.24) is 15.2 Å². The summed E-state index contributed by atoms with van der Waals surface area (Å²) >= 11 is 0. The van der Waals surface area contributed by atoms with E-state index in [1.807, 2.05) is 0 Å². The fourth-order valence-electron chi connectivity index (χ4n) is 1.57. The minimum absolute atomic E-state index is 0.425. The Labute approximate surface area is 110 Å². The van der Waals surface area contributed by atoms with Crippen molar-refractivity contribution in [2.45, 2.75) is 0 Å². The molecule has 0 amide bonds. The smallest absolute Gasteiger partial charge is 0.245 e. The summed E-state index contributed by atoms with van der Waals surface area (Å²) in [5.74, 6) is 2.11. The molecule has 0 aliphatic rings. The van der Waals surface area contributed by atoms with E-state index in [1.54, 1.807) is 39.7 Å². The number of methoxy groups -OCH3 is 3. The third-order valence-electron chi connectivity index (χ3n) is 2.43. The van der Waals surface area contributed by atoms with Crippen LogP contribution in [0.3, 0.4) is 0 Å². The first-order valence-electron chi connectivity index (χ1n) is 5.48. The zero-order valence-electron chi connectivity index (χ0n) is 10.9. The van der Waals surface area contributed by atoms with Gasteiger partial charge in [0.15, 0.2) is 11.5 Å². The molecule has 1 heterocycles. The lowest BCUT2D eigenvalue weighted by Crippen LogP contribution is -1.96. The lowest BCUT2D eigenvalue weighted by atomic mass is 10.2. The highest BCUT2D eigenvalue weighted by atomic mass is 16.5. The van der Waals surface area contributed by atoms with Gasteiger partial charge in [-0.2, -0.15) is 10.1 Å². The molecule has 1 N–H and O–H groups in total. The van der Waals surface area contributed by atoms with Gasteiger partial charge in [-0.15, -0.1) is 0 Å². The molecule has 19 heavy (non-hydrogen) atoms. The van der Waals surface area contributed by atoms with E-state index in [1.165, 1.54) is 6.33 Å². The van der Waals surface area contributed by atoms with Crippen LogP contribution in [0.15, 0.2) is 23.5 Å². The lowest BCUT2D eigenvalue weighted by Gasteiger charge is -2.12. The zero-order chi connectivity index (χ0) is 13.7. The second kappa shape index (κ2) is 5.85. The van der Waals surface area contributed by atoms with Crippen molar-refractivity contribution in [1.29, 1.82) is 0 Å². The Morgan fingerprint density at radius 1 is 1.11 bits per heavy atom. The highest BCUT2D eigenvalue weighted by Crippen LogP contribution is 2.37. The third kappa shape index (κ3) is 2.82. The van der Waals surface area contributed by atoms with Gasteiger partial charge in [-0.05, 0) is 12.1 Å². The minimum Gasteiger partial charge on any atom is -0.493 e. The Morgan fingerprint density at radius 2 is 1.79 bits per heavy atom. The summed E-state index contributed by atoms with van der Waals surface area (Å²) < 4.78 is 15.7. The largest absolute Gasteiger partial charge is 0.493 e. The van der Waals surface area contributed by atoms with Crippen LogP contribution in [-0.4, -0.2) is 42.7 Å². The van der Waals surface area contributed by atoms with Gasteiger partial charge < -0.3 is 14.2 Å². The predicted molar refractivity (Wildman–Crippen MR) is 69.7 cm³/mol. The van der Waals surface area contributed by atoms with E-state index in [4.69, 9.17) is 14.2 Å². The van der Waals surface area contributed by atoms with E-state index in [0.717, 1.165) is 5.56 Å². The Bertz CT molecular complexity index is 541. The molecule has 0 atom stereocenters. The monoisotopic (exact) mass is 262 g/mol. The molecule has 0 aliphatic heterocycles. The summed E-state index contributed by atoms with van der Waals surface area (Å²) in [5, 5.41) is 6.35. The first kappa shape index (κ1) is 12.9. The molecule has 2 rings (SSSR count). The number of H-pyrrole nitrogens is 1. The molecular formula is C12H14N4O3. The van der Waals surface area contributed by atoms with Gasteiger partial charge in [0, 0.05) is 11.8 Å². The van der Waals surface area contributed by atoms with Crippen LogP contribution >= 0.6 is 0 Å². The molecule has 0 aliphatic carbocycles. The highest BCUT2D eigenvalue weighted by Gasteiger charge is 2.12. The van der Waals surface area contributed by atoms with Crippen LogP contribution in [0.2, 0.25) is 0 Å². The maximum Gasteiger partial charge on any atom is 0.245 e. The molecule has 7 nitrogen and oxygen atoms in total. The number of aromatic amines is 1. The molecule has 0 saturated carbocycles. The summed E-state index contributed by atoms with van der Waals surface area (Å²) in [5.41, 5.74) is 0.797. The van der Waals surface area contributed by atoms with Gasteiger partial charge in [-0.25, -0.2) is 10.1 Å².